The zero-order valence-electron chi connectivity index (χ0n) is 18.2. The van der Waals surface area contributed by atoms with Crippen molar-refractivity contribution in [1.82, 2.24) is 0 Å². The minimum absolute atomic E-state index is 0.0517. The number of Topliss-reactive ketones (excluding diaryl/α,β-unsaturated/α-hetero) is 2. The lowest BCUT2D eigenvalue weighted by Gasteiger charge is -2.32. The molecule has 0 aliphatic heterocycles. The fourth-order valence-corrected chi connectivity index (χ4v) is 4.65. The van der Waals surface area contributed by atoms with Gasteiger partial charge < -0.3 is 0 Å². The molecule has 2 nitrogen and oxygen atoms in total. The van der Waals surface area contributed by atoms with E-state index in [0.717, 1.165) is 30.7 Å². The molecule has 1 saturated carbocycles. The fourth-order valence-electron chi connectivity index (χ4n) is 4.18. The molecule has 0 aromatic heterocycles. The Morgan fingerprint density at radius 1 is 0.667 bits per heavy atom. The average molecular weight is 445 g/mol. The lowest BCUT2D eigenvalue weighted by atomic mass is 9.72. The predicted octanol–water partition coefficient (Wildman–Crippen LogP) is 8.24. The molecule has 0 saturated heterocycles. The summed E-state index contributed by atoms with van der Waals surface area (Å²) in [6, 6.07) is 14.9. The summed E-state index contributed by atoms with van der Waals surface area (Å²) >= 11 is 12.3. The Kier molecular flexibility index (Phi) is 9.33. The molecule has 1 fully saturated rings. The van der Waals surface area contributed by atoms with Crippen LogP contribution in [0.1, 0.15) is 85.6 Å². The summed E-state index contributed by atoms with van der Waals surface area (Å²) in [6.07, 6.45) is 3.67. The first-order chi connectivity index (χ1) is 14.6. The number of hydrogen-bond donors (Lipinski definition) is 0. The summed E-state index contributed by atoms with van der Waals surface area (Å²) in [5, 5.41) is 0.855. The highest BCUT2D eigenvalue weighted by atomic mass is 35.5. The minimum Gasteiger partial charge on any atom is -0.289 e. The van der Waals surface area contributed by atoms with Gasteiger partial charge in [0.25, 0.3) is 0 Å². The smallest absolute Gasteiger partial charge is 0.205 e. The molecule has 0 heterocycles. The number of rotatable bonds is 2. The fraction of sp³-hybridized carbons (Fsp3) is 0.385. The van der Waals surface area contributed by atoms with E-state index in [9.17, 15) is 9.59 Å². The van der Waals surface area contributed by atoms with Crippen molar-refractivity contribution in [3.63, 3.8) is 0 Å². The van der Waals surface area contributed by atoms with Crippen LogP contribution in [0.5, 0.6) is 0 Å². The van der Waals surface area contributed by atoms with Gasteiger partial charge >= 0.3 is 0 Å². The summed E-state index contributed by atoms with van der Waals surface area (Å²) in [7, 11) is 0. The van der Waals surface area contributed by atoms with Crippen molar-refractivity contribution in [3.8, 4) is 0 Å². The number of benzene rings is 2. The summed E-state index contributed by atoms with van der Waals surface area (Å²) < 4.78 is 0. The number of carbonyl (C=O) groups excluding carboxylic acids is 2. The molecule has 0 atom stereocenters. The molecule has 4 rings (SSSR count). The van der Waals surface area contributed by atoms with E-state index in [4.69, 9.17) is 23.2 Å². The van der Waals surface area contributed by atoms with Gasteiger partial charge in [0.2, 0.25) is 5.78 Å². The van der Waals surface area contributed by atoms with Gasteiger partial charge in [0.15, 0.2) is 5.78 Å². The Balaban J connectivity index is 0.000000757. The maximum atomic E-state index is 13.0. The number of fused-ring (bicyclic) bond motifs is 1. The Hall–Kier alpha value is -1.90. The Morgan fingerprint density at radius 3 is 1.67 bits per heavy atom. The molecule has 160 valence electrons. The first kappa shape index (κ1) is 24.4. The molecule has 2 aliphatic carbocycles. The molecule has 30 heavy (non-hydrogen) atoms. The van der Waals surface area contributed by atoms with Crippen LogP contribution in [0.2, 0.25) is 5.02 Å². The van der Waals surface area contributed by atoms with Gasteiger partial charge in [0.1, 0.15) is 0 Å². The van der Waals surface area contributed by atoms with Crippen molar-refractivity contribution < 1.29 is 9.59 Å². The van der Waals surface area contributed by atoms with E-state index in [-0.39, 0.29) is 22.5 Å². The van der Waals surface area contributed by atoms with Crippen LogP contribution in [0.4, 0.5) is 0 Å². The lowest BCUT2D eigenvalue weighted by molar-refractivity contribution is 0.0966. The third-order valence-electron chi connectivity index (χ3n) is 5.57. The first-order valence-corrected chi connectivity index (χ1v) is 11.7. The second-order valence-electron chi connectivity index (χ2n) is 7.03. The van der Waals surface area contributed by atoms with Crippen LogP contribution in [-0.2, 0) is 0 Å². The third kappa shape index (κ3) is 5.04. The van der Waals surface area contributed by atoms with Crippen molar-refractivity contribution >= 4 is 34.8 Å². The molecule has 0 amide bonds. The topological polar surface area (TPSA) is 34.1 Å². The van der Waals surface area contributed by atoms with E-state index >= 15 is 0 Å². The molecule has 0 bridgehead atoms. The van der Waals surface area contributed by atoms with Crippen LogP contribution < -0.4 is 0 Å². The van der Waals surface area contributed by atoms with Gasteiger partial charge in [-0.3, -0.25) is 9.59 Å². The van der Waals surface area contributed by atoms with Gasteiger partial charge in [-0.05, 0) is 55.2 Å². The van der Waals surface area contributed by atoms with Gasteiger partial charge in [-0.1, -0.05) is 87.3 Å². The van der Waals surface area contributed by atoms with Gasteiger partial charge in [-0.15, -0.1) is 0 Å². The maximum Gasteiger partial charge on any atom is 0.205 e. The van der Waals surface area contributed by atoms with Gasteiger partial charge in [0, 0.05) is 21.7 Å². The second kappa shape index (κ2) is 11.5. The second-order valence-corrected chi connectivity index (χ2v) is 7.85. The Morgan fingerprint density at radius 2 is 1.13 bits per heavy atom. The van der Waals surface area contributed by atoms with Crippen LogP contribution in [0.15, 0.2) is 59.1 Å². The molecule has 0 spiro atoms. The first-order valence-electron chi connectivity index (χ1n) is 10.9. The Bertz CT molecular complexity index is 905. The highest BCUT2D eigenvalue weighted by Gasteiger charge is 2.36. The summed E-state index contributed by atoms with van der Waals surface area (Å²) in [6.45, 7) is 8.00. The highest BCUT2D eigenvalue weighted by Crippen LogP contribution is 2.43. The van der Waals surface area contributed by atoms with E-state index in [0.29, 0.717) is 22.6 Å². The zero-order valence-corrected chi connectivity index (χ0v) is 19.7. The van der Waals surface area contributed by atoms with Gasteiger partial charge in [-0.25, -0.2) is 0 Å². The quantitative estimate of drug-likeness (QED) is 0.466. The van der Waals surface area contributed by atoms with E-state index in [1.165, 1.54) is 5.56 Å². The van der Waals surface area contributed by atoms with E-state index in [1.807, 2.05) is 39.8 Å². The maximum absolute atomic E-state index is 13.0. The van der Waals surface area contributed by atoms with Crippen molar-refractivity contribution in [1.29, 1.82) is 0 Å². The van der Waals surface area contributed by atoms with Crippen LogP contribution >= 0.6 is 23.2 Å². The molecule has 2 aromatic rings. The van der Waals surface area contributed by atoms with E-state index in [2.05, 4.69) is 12.1 Å². The van der Waals surface area contributed by atoms with Crippen molar-refractivity contribution in [2.24, 2.45) is 5.92 Å². The summed E-state index contributed by atoms with van der Waals surface area (Å²) in [4.78, 5) is 25.5. The molecule has 2 aromatic carbocycles. The van der Waals surface area contributed by atoms with Crippen LogP contribution in [0.25, 0.3) is 0 Å². The number of allylic oxidation sites excluding steroid dienone is 2. The van der Waals surface area contributed by atoms with Crippen molar-refractivity contribution in [3.05, 3.63) is 80.8 Å². The van der Waals surface area contributed by atoms with E-state index < -0.39 is 0 Å². The third-order valence-corrected chi connectivity index (χ3v) is 6.20. The van der Waals surface area contributed by atoms with Crippen LogP contribution in [-0.4, -0.2) is 11.6 Å². The van der Waals surface area contributed by atoms with Crippen molar-refractivity contribution in [2.75, 3.05) is 0 Å². The molecular formula is C26H30Cl2O2. The molecule has 2 aliphatic rings. The van der Waals surface area contributed by atoms with Crippen LogP contribution in [0, 0.1) is 5.92 Å². The number of ketones is 2. The standard InChI is InChI=1S/C22H18Cl2O2.2C2H6/c23-16-11-9-14(10-12-16)13-5-7-15(8-6-13)19-20(24)22(26)18-4-2-1-3-17(18)21(19)25;2*1-2/h1-4,9-13,15H,5-8H2;2*1-2H3. The predicted molar refractivity (Wildman–Crippen MR) is 127 cm³/mol. The molecule has 0 N–H and O–H groups in total. The number of halogens is 2. The molecule has 0 radical (unpaired) electrons. The SMILES string of the molecule is CC.CC.O=C1C(Cl)=C(C2CCC(c3ccc(Cl)cc3)CC2)C(=O)c2ccccc21. The van der Waals surface area contributed by atoms with Crippen LogP contribution in [0.3, 0.4) is 0 Å². The zero-order chi connectivity index (χ0) is 22.3. The summed E-state index contributed by atoms with van der Waals surface area (Å²) in [5.74, 6) is 0.206. The van der Waals surface area contributed by atoms with Gasteiger partial charge in [-0.2, -0.15) is 0 Å². The minimum atomic E-state index is -0.225. The lowest BCUT2D eigenvalue weighted by Crippen LogP contribution is -2.27. The molecule has 0 unspecified atom stereocenters. The average Bonchev–Trinajstić information content (AvgIpc) is 2.81. The van der Waals surface area contributed by atoms with Gasteiger partial charge in [0.05, 0.1) is 5.03 Å². The molecule has 4 heteroatoms. The number of hydrogen-bond acceptors (Lipinski definition) is 2. The highest BCUT2D eigenvalue weighted by molar-refractivity contribution is 6.50. The normalized spacial score (nSPS) is 20.5. The molecular weight excluding hydrogens is 415 g/mol. The van der Waals surface area contributed by atoms with E-state index in [1.54, 1.807) is 24.3 Å². The van der Waals surface area contributed by atoms with Crippen molar-refractivity contribution in [2.45, 2.75) is 59.3 Å². The monoisotopic (exact) mass is 444 g/mol. The Labute approximate surface area is 190 Å². The summed E-state index contributed by atoms with van der Waals surface area (Å²) in [5.41, 5.74) is 2.70. The number of carbonyl (C=O) groups is 2. The largest absolute Gasteiger partial charge is 0.289 e.